The Bertz CT molecular complexity index is 1160. The molecule has 0 aliphatic rings. The molecule has 0 saturated carbocycles. The standard InChI is InChI=1S/C21H14F4N4S/c22-18-9-2-1-5-15(18)13-30-20-28-27-19(14-6-4-10-26-12-14)29(20)17-8-3-7-16(11-17)21(23,24)25/h1-12H,13H2. The van der Waals surface area contributed by atoms with Gasteiger partial charge in [0.25, 0.3) is 0 Å². The van der Waals surface area contributed by atoms with Crippen LogP contribution in [0, 0.1) is 5.82 Å². The van der Waals surface area contributed by atoms with E-state index in [0.29, 0.717) is 22.1 Å². The Labute approximate surface area is 173 Å². The molecule has 0 aliphatic heterocycles. The van der Waals surface area contributed by atoms with Gasteiger partial charge in [0.05, 0.1) is 11.3 Å². The second-order valence-corrected chi connectivity index (χ2v) is 7.25. The number of pyridine rings is 1. The average molecular weight is 430 g/mol. The molecule has 2 aromatic carbocycles. The summed E-state index contributed by atoms with van der Waals surface area (Å²) in [6, 6.07) is 14.7. The predicted molar refractivity (Wildman–Crippen MR) is 106 cm³/mol. The first-order valence-corrected chi connectivity index (χ1v) is 9.82. The smallest absolute Gasteiger partial charge is 0.270 e. The molecule has 0 fully saturated rings. The Morgan fingerprint density at radius 1 is 0.933 bits per heavy atom. The van der Waals surface area contributed by atoms with Crippen LogP contribution in [0.5, 0.6) is 0 Å². The quantitative estimate of drug-likeness (QED) is 0.297. The summed E-state index contributed by atoms with van der Waals surface area (Å²) in [5.74, 6) is 0.234. The van der Waals surface area contributed by atoms with Crippen molar-refractivity contribution in [3.8, 4) is 17.1 Å². The van der Waals surface area contributed by atoms with Gasteiger partial charge < -0.3 is 0 Å². The fourth-order valence-corrected chi connectivity index (χ4v) is 3.80. The number of thioether (sulfide) groups is 1. The summed E-state index contributed by atoms with van der Waals surface area (Å²) < 4.78 is 55.3. The van der Waals surface area contributed by atoms with Gasteiger partial charge in [0, 0.05) is 23.7 Å². The summed E-state index contributed by atoms with van der Waals surface area (Å²) in [4.78, 5) is 4.05. The number of nitrogens with zero attached hydrogens (tertiary/aromatic N) is 4. The van der Waals surface area contributed by atoms with Crippen molar-refractivity contribution in [3.63, 3.8) is 0 Å². The molecule has 0 aliphatic carbocycles. The lowest BCUT2D eigenvalue weighted by Gasteiger charge is -2.13. The minimum Gasteiger partial charge on any atom is -0.270 e. The van der Waals surface area contributed by atoms with Gasteiger partial charge in [-0.05, 0) is 42.0 Å². The topological polar surface area (TPSA) is 43.6 Å². The van der Waals surface area contributed by atoms with Gasteiger partial charge in [0.1, 0.15) is 5.82 Å². The number of rotatable bonds is 5. The highest BCUT2D eigenvalue weighted by Crippen LogP contribution is 2.34. The molecule has 0 bridgehead atoms. The van der Waals surface area contributed by atoms with Gasteiger partial charge in [-0.25, -0.2) is 4.39 Å². The molecule has 0 radical (unpaired) electrons. The third-order valence-electron chi connectivity index (χ3n) is 4.30. The number of benzene rings is 2. The molecule has 2 aromatic heterocycles. The zero-order valence-electron chi connectivity index (χ0n) is 15.3. The highest BCUT2D eigenvalue weighted by atomic mass is 32.2. The minimum absolute atomic E-state index is 0.247. The Morgan fingerprint density at radius 2 is 1.77 bits per heavy atom. The lowest BCUT2D eigenvalue weighted by Crippen LogP contribution is -2.07. The van der Waals surface area contributed by atoms with Crippen LogP contribution in [0.3, 0.4) is 0 Å². The van der Waals surface area contributed by atoms with Crippen LogP contribution >= 0.6 is 11.8 Å². The van der Waals surface area contributed by atoms with Crippen LogP contribution < -0.4 is 0 Å². The van der Waals surface area contributed by atoms with Crippen LogP contribution in [-0.4, -0.2) is 19.7 Å². The molecule has 0 spiro atoms. The molecule has 30 heavy (non-hydrogen) atoms. The molecule has 4 rings (SSSR count). The van der Waals surface area contributed by atoms with E-state index in [0.717, 1.165) is 12.1 Å². The summed E-state index contributed by atoms with van der Waals surface area (Å²) in [6.45, 7) is 0. The van der Waals surface area contributed by atoms with Gasteiger partial charge in [0.2, 0.25) is 0 Å². The largest absolute Gasteiger partial charge is 0.416 e. The van der Waals surface area contributed by atoms with Crippen LogP contribution in [0.1, 0.15) is 11.1 Å². The van der Waals surface area contributed by atoms with Gasteiger partial charge in [-0.15, -0.1) is 10.2 Å². The molecule has 0 N–H and O–H groups in total. The molecule has 0 atom stereocenters. The van der Waals surface area contributed by atoms with Crippen LogP contribution in [-0.2, 0) is 11.9 Å². The van der Waals surface area contributed by atoms with Crippen molar-refractivity contribution >= 4 is 11.8 Å². The Balaban J connectivity index is 1.78. The Hall–Kier alpha value is -3.20. The molecular formula is C21H14F4N4S. The average Bonchev–Trinajstić information content (AvgIpc) is 3.17. The number of alkyl halides is 3. The molecule has 4 aromatic rings. The van der Waals surface area contributed by atoms with E-state index in [4.69, 9.17) is 0 Å². The SMILES string of the molecule is Fc1ccccc1CSc1nnc(-c2cccnc2)n1-c1cccc(C(F)(F)F)c1. The summed E-state index contributed by atoms with van der Waals surface area (Å²) in [5.41, 5.74) is 0.532. The molecule has 9 heteroatoms. The molecule has 2 heterocycles. The number of hydrogen-bond acceptors (Lipinski definition) is 4. The van der Waals surface area contributed by atoms with Gasteiger partial charge >= 0.3 is 6.18 Å². The summed E-state index contributed by atoms with van der Waals surface area (Å²) >= 11 is 1.19. The number of halogens is 4. The lowest BCUT2D eigenvalue weighted by molar-refractivity contribution is -0.137. The van der Waals surface area contributed by atoms with E-state index < -0.39 is 11.7 Å². The maximum absolute atomic E-state index is 14.0. The van der Waals surface area contributed by atoms with E-state index in [2.05, 4.69) is 15.2 Å². The van der Waals surface area contributed by atoms with Gasteiger partial charge in [-0.2, -0.15) is 13.2 Å². The minimum atomic E-state index is -4.49. The van der Waals surface area contributed by atoms with Crippen LogP contribution in [0.15, 0.2) is 78.2 Å². The molecule has 4 nitrogen and oxygen atoms in total. The van der Waals surface area contributed by atoms with E-state index in [1.165, 1.54) is 28.5 Å². The predicted octanol–water partition coefficient (Wildman–Crippen LogP) is 5.78. The van der Waals surface area contributed by atoms with Crippen molar-refractivity contribution in [2.75, 3.05) is 0 Å². The number of aromatic nitrogens is 4. The fourth-order valence-electron chi connectivity index (χ4n) is 2.86. The molecule has 0 saturated heterocycles. The maximum Gasteiger partial charge on any atom is 0.416 e. The number of hydrogen-bond donors (Lipinski definition) is 0. The van der Waals surface area contributed by atoms with Gasteiger partial charge in [-0.1, -0.05) is 36.0 Å². The third-order valence-corrected chi connectivity index (χ3v) is 5.28. The van der Waals surface area contributed by atoms with Crippen molar-refractivity contribution in [2.24, 2.45) is 0 Å². The van der Waals surface area contributed by atoms with Crippen LogP contribution in [0.4, 0.5) is 17.6 Å². The van der Waals surface area contributed by atoms with Crippen LogP contribution in [0.25, 0.3) is 17.1 Å². The lowest BCUT2D eigenvalue weighted by atomic mass is 10.2. The normalized spacial score (nSPS) is 11.6. The van der Waals surface area contributed by atoms with Gasteiger partial charge in [-0.3, -0.25) is 9.55 Å². The first-order chi connectivity index (χ1) is 14.4. The second-order valence-electron chi connectivity index (χ2n) is 6.31. The zero-order chi connectivity index (χ0) is 21.1. The Kier molecular flexibility index (Phi) is 5.54. The first-order valence-electron chi connectivity index (χ1n) is 8.83. The highest BCUT2D eigenvalue weighted by Gasteiger charge is 2.31. The van der Waals surface area contributed by atoms with Crippen molar-refractivity contribution in [1.29, 1.82) is 0 Å². The van der Waals surface area contributed by atoms with Crippen LogP contribution in [0.2, 0.25) is 0 Å². The zero-order valence-corrected chi connectivity index (χ0v) is 16.2. The van der Waals surface area contributed by atoms with E-state index in [1.807, 2.05) is 0 Å². The van der Waals surface area contributed by atoms with Crippen molar-refractivity contribution in [2.45, 2.75) is 17.1 Å². The Morgan fingerprint density at radius 3 is 2.50 bits per heavy atom. The molecule has 0 unspecified atom stereocenters. The molecule has 0 amide bonds. The van der Waals surface area contributed by atoms with E-state index in [-0.39, 0.29) is 17.3 Å². The van der Waals surface area contributed by atoms with Crippen molar-refractivity contribution < 1.29 is 17.6 Å². The maximum atomic E-state index is 14.0. The summed E-state index contributed by atoms with van der Waals surface area (Å²) in [6.07, 6.45) is -1.35. The van der Waals surface area contributed by atoms with Crippen molar-refractivity contribution in [1.82, 2.24) is 19.7 Å². The van der Waals surface area contributed by atoms with E-state index >= 15 is 0 Å². The van der Waals surface area contributed by atoms with Crippen molar-refractivity contribution in [3.05, 3.63) is 90.0 Å². The van der Waals surface area contributed by atoms with E-state index in [9.17, 15) is 17.6 Å². The first kappa shape index (κ1) is 20.1. The monoisotopic (exact) mass is 430 g/mol. The second kappa shape index (κ2) is 8.27. The summed E-state index contributed by atoms with van der Waals surface area (Å²) in [7, 11) is 0. The fraction of sp³-hybridized carbons (Fsp3) is 0.0952. The van der Waals surface area contributed by atoms with Gasteiger partial charge in [0.15, 0.2) is 11.0 Å². The highest BCUT2D eigenvalue weighted by molar-refractivity contribution is 7.98. The molecule has 152 valence electrons. The third kappa shape index (κ3) is 4.20. The molecular weight excluding hydrogens is 416 g/mol. The van der Waals surface area contributed by atoms with E-state index in [1.54, 1.807) is 48.8 Å². The summed E-state index contributed by atoms with van der Waals surface area (Å²) in [5, 5.41) is 8.66.